The summed E-state index contributed by atoms with van der Waals surface area (Å²) in [5, 5.41) is 7.23. The summed E-state index contributed by atoms with van der Waals surface area (Å²) in [4.78, 5) is 6.24. The fourth-order valence-corrected chi connectivity index (χ4v) is 3.36. The molecule has 29 heavy (non-hydrogen) atoms. The monoisotopic (exact) mass is 532 g/mol. The first kappa shape index (κ1) is 23.7. The Kier molecular flexibility index (Phi) is 9.96. The van der Waals surface area contributed by atoms with Crippen LogP contribution in [0.5, 0.6) is 0 Å². The van der Waals surface area contributed by atoms with E-state index >= 15 is 0 Å². The lowest BCUT2D eigenvalue weighted by atomic mass is 10.1. The van der Waals surface area contributed by atoms with E-state index in [2.05, 4.69) is 15.6 Å². The third-order valence-electron chi connectivity index (χ3n) is 4.64. The molecule has 158 valence electrons. The summed E-state index contributed by atoms with van der Waals surface area (Å²) in [7, 11) is 1.72. The molecule has 1 fully saturated rings. The van der Waals surface area contributed by atoms with Gasteiger partial charge in [0.05, 0.1) is 18.9 Å². The second-order valence-corrected chi connectivity index (χ2v) is 7.05. The Morgan fingerprint density at radius 3 is 2.62 bits per heavy atom. The summed E-state index contributed by atoms with van der Waals surface area (Å²) in [6.45, 7) is 3.94. The molecule has 0 radical (unpaired) electrons. The molecule has 2 aromatic rings. The highest BCUT2D eigenvalue weighted by atomic mass is 127. The summed E-state index contributed by atoms with van der Waals surface area (Å²) in [6, 6.07) is 13.2. The predicted octanol–water partition coefficient (Wildman–Crippen LogP) is 3.84. The summed E-state index contributed by atoms with van der Waals surface area (Å²) < 4.78 is 19.8. The number of ether oxygens (including phenoxy) is 1. The van der Waals surface area contributed by atoms with E-state index in [0.717, 1.165) is 42.2 Å². The smallest absolute Gasteiger partial charge is 0.191 e. The van der Waals surface area contributed by atoms with E-state index in [4.69, 9.17) is 16.3 Å². The first-order valence-electron chi connectivity index (χ1n) is 9.46. The molecule has 3 rings (SSSR count). The molecule has 0 bridgehead atoms. The molecular formula is C21H27ClFIN4O. The van der Waals surface area contributed by atoms with Crippen LogP contribution in [0.1, 0.15) is 11.1 Å². The van der Waals surface area contributed by atoms with Gasteiger partial charge >= 0.3 is 0 Å². The number of morpholine rings is 1. The van der Waals surface area contributed by atoms with Crippen molar-refractivity contribution in [2.45, 2.75) is 13.0 Å². The Morgan fingerprint density at radius 2 is 1.93 bits per heavy atom. The maximum atomic E-state index is 14.5. The van der Waals surface area contributed by atoms with Crippen LogP contribution in [0.25, 0.3) is 0 Å². The SMILES string of the molecule is CN=C(NCCc1cccc(Cl)c1)NCc1ccc(N2CCOCC2)c(F)c1.I. The minimum Gasteiger partial charge on any atom is -0.378 e. The van der Waals surface area contributed by atoms with Gasteiger partial charge in [0.15, 0.2) is 5.96 Å². The molecule has 0 aliphatic carbocycles. The number of aliphatic imine (C=N–C) groups is 1. The number of rotatable bonds is 6. The van der Waals surface area contributed by atoms with Gasteiger partial charge in [-0.3, -0.25) is 4.99 Å². The summed E-state index contributed by atoms with van der Waals surface area (Å²) in [5.74, 6) is 0.477. The second kappa shape index (κ2) is 12.2. The first-order valence-corrected chi connectivity index (χ1v) is 9.83. The first-order chi connectivity index (χ1) is 13.7. The second-order valence-electron chi connectivity index (χ2n) is 6.62. The van der Waals surface area contributed by atoms with Crippen molar-refractivity contribution >= 4 is 47.2 Å². The van der Waals surface area contributed by atoms with Gasteiger partial charge < -0.3 is 20.3 Å². The lowest BCUT2D eigenvalue weighted by molar-refractivity contribution is 0.122. The lowest BCUT2D eigenvalue weighted by Crippen LogP contribution is -2.38. The van der Waals surface area contributed by atoms with Crippen LogP contribution in [-0.4, -0.2) is 45.9 Å². The molecule has 0 spiro atoms. The Bertz CT molecular complexity index is 815. The summed E-state index contributed by atoms with van der Waals surface area (Å²) in [5.41, 5.74) is 2.67. The number of halogens is 3. The zero-order valence-corrected chi connectivity index (χ0v) is 19.5. The van der Waals surface area contributed by atoms with E-state index in [1.54, 1.807) is 13.1 Å². The fraction of sp³-hybridized carbons (Fsp3) is 0.381. The summed E-state index contributed by atoms with van der Waals surface area (Å²) >= 11 is 6.01. The third-order valence-corrected chi connectivity index (χ3v) is 4.88. The van der Waals surface area contributed by atoms with Crippen molar-refractivity contribution in [3.8, 4) is 0 Å². The molecule has 0 amide bonds. The van der Waals surface area contributed by atoms with E-state index in [1.807, 2.05) is 41.3 Å². The number of nitrogens with zero attached hydrogens (tertiary/aromatic N) is 2. The van der Waals surface area contributed by atoms with Crippen molar-refractivity contribution in [3.63, 3.8) is 0 Å². The Hall–Kier alpha value is -1.58. The molecule has 0 unspecified atom stereocenters. The molecule has 2 aromatic carbocycles. The van der Waals surface area contributed by atoms with Crippen molar-refractivity contribution in [3.05, 3.63) is 64.4 Å². The van der Waals surface area contributed by atoms with Gasteiger partial charge in [0.25, 0.3) is 0 Å². The van der Waals surface area contributed by atoms with Gasteiger partial charge in [-0.25, -0.2) is 4.39 Å². The van der Waals surface area contributed by atoms with Gasteiger partial charge in [0.2, 0.25) is 0 Å². The predicted molar refractivity (Wildman–Crippen MR) is 128 cm³/mol. The highest BCUT2D eigenvalue weighted by Crippen LogP contribution is 2.21. The van der Waals surface area contributed by atoms with Gasteiger partial charge in [0.1, 0.15) is 5.82 Å². The minimum absolute atomic E-state index is 0. The van der Waals surface area contributed by atoms with Crippen molar-refractivity contribution in [2.24, 2.45) is 4.99 Å². The highest BCUT2D eigenvalue weighted by Gasteiger charge is 2.15. The van der Waals surface area contributed by atoms with Crippen LogP contribution >= 0.6 is 35.6 Å². The molecule has 1 aliphatic heterocycles. The Morgan fingerprint density at radius 1 is 1.14 bits per heavy atom. The number of guanidine groups is 1. The zero-order valence-electron chi connectivity index (χ0n) is 16.5. The van der Waals surface area contributed by atoms with Crippen LogP contribution in [-0.2, 0) is 17.7 Å². The maximum Gasteiger partial charge on any atom is 0.191 e. The molecule has 8 heteroatoms. The molecular weight excluding hydrogens is 506 g/mol. The normalized spacial score (nSPS) is 14.3. The van der Waals surface area contributed by atoms with Crippen molar-refractivity contribution in [1.82, 2.24) is 10.6 Å². The summed E-state index contributed by atoms with van der Waals surface area (Å²) in [6.07, 6.45) is 0.837. The molecule has 0 aromatic heterocycles. The van der Waals surface area contributed by atoms with Crippen LogP contribution in [0.15, 0.2) is 47.5 Å². The Balaban J connectivity index is 0.00000300. The average molecular weight is 533 g/mol. The number of nitrogens with one attached hydrogen (secondary N) is 2. The Labute approximate surface area is 193 Å². The van der Waals surface area contributed by atoms with Crippen LogP contribution in [0.4, 0.5) is 10.1 Å². The van der Waals surface area contributed by atoms with Gasteiger partial charge in [-0.15, -0.1) is 24.0 Å². The molecule has 0 saturated carbocycles. The molecule has 1 aliphatic rings. The molecule has 1 heterocycles. The largest absolute Gasteiger partial charge is 0.378 e. The fourth-order valence-electron chi connectivity index (χ4n) is 3.15. The number of hydrogen-bond donors (Lipinski definition) is 2. The van der Waals surface area contributed by atoms with E-state index in [1.165, 1.54) is 0 Å². The lowest BCUT2D eigenvalue weighted by Gasteiger charge is -2.29. The molecule has 5 nitrogen and oxygen atoms in total. The van der Waals surface area contributed by atoms with Crippen LogP contribution in [0.2, 0.25) is 5.02 Å². The van der Waals surface area contributed by atoms with Crippen LogP contribution < -0.4 is 15.5 Å². The number of hydrogen-bond acceptors (Lipinski definition) is 3. The number of benzene rings is 2. The van der Waals surface area contributed by atoms with Gasteiger partial charge in [0, 0.05) is 38.2 Å². The van der Waals surface area contributed by atoms with Crippen LogP contribution in [0.3, 0.4) is 0 Å². The minimum atomic E-state index is -0.204. The van der Waals surface area contributed by atoms with Crippen molar-refractivity contribution in [2.75, 3.05) is 44.8 Å². The van der Waals surface area contributed by atoms with Crippen LogP contribution in [0, 0.1) is 5.82 Å². The quantitative estimate of drug-likeness (QED) is 0.337. The topological polar surface area (TPSA) is 48.9 Å². The van der Waals surface area contributed by atoms with Gasteiger partial charge in [-0.05, 0) is 41.8 Å². The van der Waals surface area contributed by atoms with Crippen molar-refractivity contribution in [1.29, 1.82) is 0 Å². The molecule has 2 N–H and O–H groups in total. The zero-order chi connectivity index (χ0) is 19.8. The van der Waals surface area contributed by atoms with Gasteiger partial charge in [-0.2, -0.15) is 0 Å². The van der Waals surface area contributed by atoms with E-state index in [-0.39, 0.29) is 29.8 Å². The standard InChI is InChI=1S/C21H26ClFN4O.HI/c1-24-21(25-8-7-16-3-2-4-18(22)13-16)26-15-17-5-6-20(19(23)14-17)27-9-11-28-12-10-27;/h2-6,13-14H,7-12,15H2,1H3,(H2,24,25,26);1H. The number of anilines is 1. The van der Waals surface area contributed by atoms with E-state index < -0.39 is 0 Å². The highest BCUT2D eigenvalue weighted by molar-refractivity contribution is 14.0. The maximum absolute atomic E-state index is 14.5. The molecule has 0 atom stereocenters. The van der Waals surface area contributed by atoms with Crippen molar-refractivity contribution < 1.29 is 9.13 Å². The van der Waals surface area contributed by atoms with E-state index in [9.17, 15) is 4.39 Å². The van der Waals surface area contributed by atoms with E-state index in [0.29, 0.717) is 31.4 Å². The molecule has 1 saturated heterocycles. The third kappa shape index (κ3) is 7.31. The average Bonchev–Trinajstić information content (AvgIpc) is 2.71. The van der Waals surface area contributed by atoms with Gasteiger partial charge in [-0.1, -0.05) is 29.8 Å².